The fourth-order valence-electron chi connectivity index (χ4n) is 4.80. The monoisotopic (exact) mass is 364 g/mol. The SMILES string of the molecule is C[C@@H]1[C@H](C)CCC[C@@H]1N1C[C@H](C(=O)OCC(=O)NC2CCCC2)CC1=O. The number of esters is 1. The highest BCUT2D eigenvalue weighted by Gasteiger charge is 2.42. The highest BCUT2D eigenvalue weighted by molar-refractivity contribution is 5.88. The van der Waals surface area contributed by atoms with E-state index in [2.05, 4.69) is 19.2 Å². The average molecular weight is 364 g/mol. The molecule has 6 nitrogen and oxygen atoms in total. The molecule has 0 radical (unpaired) electrons. The molecule has 0 unspecified atom stereocenters. The van der Waals surface area contributed by atoms with E-state index in [0.29, 0.717) is 18.4 Å². The summed E-state index contributed by atoms with van der Waals surface area (Å²) in [5.41, 5.74) is 0. The topological polar surface area (TPSA) is 75.7 Å². The molecule has 0 aromatic heterocycles. The molecule has 3 rings (SSSR count). The molecule has 2 amide bonds. The Morgan fingerprint density at radius 1 is 1.12 bits per heavy atom. The number of rotatable bonds is 5. The molecule has 0 aromatic carbocycles. The second-order valence-electron chi connectivity index (χ2n) is 8.44. The van der Waals surface area contributed by atoms with E-state index in [1.54, 1.807) is 0 Å². The van der Waals surface area contributed by atoms with Gasteiger partial charge < -0.3 is 15.0 Å². The summed E-state index contributed by atoms with van der Waals surface area (Å²) in [5, 5.41) is 2.91. The van der Waals surface area contributed by atoms with E-state index in [1.807, 2.05) is 4.90 Å². The number of nitrogens with zero attached hydrogens (tertiary/aromatic N) is 1. The maximum absolute atomic E-state index is 12.4. The first-order chi connectivity index (χ1) is 12.5. The third kappa shape index (κ3) is 4.38. The lowest BCUT2D eigenvalue weighted by atomic mass is 9.77. The van der Waals surface area contributed by atoms with E-state index < -0.39 is 11.9 Å². The van der Waals surface area contributed by atoms with Gasteiger partial charge >= 0.3 is 5.97 Å². The van der Waals surface area contributed by atoms with Crippen LogP contribution in [0.15, 0.2) is 0 Å². The molecule has 0 aromatic rings. The van der Waals surface area contributed by atoms with Crippen LogP contribution in [0, 0.1) is 17.8 Å². The quantitative estimate of drug-likeness (QED) is 0.759. The molecule has 6 heteroatoms. The molecule has 4 atom stereocenters. The van der Waals surface area contributed by atoms with Gasteiger partial charge in [-0.25, -0.2) is 0 Å². The molecule has 0 bridgehead atoms. The predicted molar refractivity (Wildman–Crippen MR) is 97.1 cm³/mol. The van der Waals surface area contributed by atoms with Crippen molar-refractivity contribution in [3.8, 4) is 0 Å². The summed E-state index contributed by atoms with van der Waals surface area (Å²) in [4.78, 5) is 38.6. The number of carbonyl (C=O) groups is 3. The Morgan fingerprint density at radius 2 is 1.85 bits per heavy atom. The highest BCUT2D eigenvalue weighted by Crippen LogP contribution is 2.35. The van der Waals surface area contributed by atoms with Crippen molar-refractivity contribution in [3.63, 3.8) is 0 Å². The first-order valence-electron chi connectivity index (χ1n) is 10.2. The molecule has 26 heavy (non-hydrogen) atoms. The van der Waals surface area contributed by atoms with Crippen molar-refractivity contribution >= 4 is 17.8 Å². The van der Waals surface area contributed by atoms with Gasteiger partial charge in [0.1, 0.15) is 0 Å². The molecule has 2 aliphatic carbocycles. The third-order valence-electron chi connectivity index (χ3n) is 6.62. The zero-order valence-electron chi connectivity index (χ0n) is 16.0. The first-order valence-corrected chi connectivity index (χ1v) is 10.2. The van der Waals surface area contributed by atoms with Crippen LogP contribution in [0.2, 0.25) is 0 Å². The van der Waals surface area contributed by atoms with Crippen LogP contribution >= 0.6 is 0 Å². The molecule has 3 aliphatic rings. The lowest BCUT2D eigenvalue weighted by molar-refractivity contribution is -0.152. The minimum atomic E-state index is -0.439. The van der Waals surface area contributed by atoms with E-state index >= 15 is 0 Å². The fraction of sp³-hybridized carbons (Fsp3) is 0.850. The van der Waals surface area contributed by atoms with E-state index in [1.165, 1.54) is 6.42 Å². The average Bonchev–Trinajstić information content (AvgIpc) is 3.25. The molecule has 1 aliphatic heterocycles. The number of nitrogens with one attached hydrogen (secondary N) is 1. The van der Waals surface area contributed by atoms with Gasteiger partial charge in [-0.3, -0.25) is 14.4 Å². The van der Waals surface area contributed by atoms with Crippen LogP contribution in [0.1, 0.15) is 65.2 Å². The first kappa shape index (κ1) is 19.2. The van der Waals surface area contributed by atoms with Crippen molar-refractivity contribution in [2.45, 2.75) is 77.3 Å². The van der Waals surface area contributed by atoms with E-state index in [9.17, 15) is 14.4 Å². The summed E-state index contributed by atoms with van der Waals surface area (Å²) in [7, 11) is 0. The number of likely N-dealkylation sites (tertiary alicyclic amines) is 1. The molecular formula is C20H32N2O4. The van der Waals surface area contributed by atoms with Crippen molar-refractivity contribution in [1.82, 2.24) is 10.2 Å². The lowest BCUT2D eigenvalue weighted by Gasteiger charge is -2.39. The Morgan fingerprint density at radius 3 is 2.58 bits per heavy atom. The minimum absolute atomic E-state index is 0.0494. The molecule has 1 N–H and O–H groups in total. The van der Waals surface area contributed by atoms with Gasteiger partial charge in [-0.15, -0.1) is 0 Å². The van der Waals surface area contributed by atoms with E-state index in [-0.39, 0.29) is 36.9 Å². The number of amides is 2. The van der Waals surface area contributed by atoms with E-state index in [0.717, 1.165) is 38.5 Å². The molecule has 146 valence electrons. The maximum Gasteiger partial charge on any atom is 0.311 e. The summed E-state index contributed by atoms with van der Waals surface area (Å²) < 4.78 is 5.20. The van der Waals surface area contributed by atoms with Gasteiger partial charge in [0.15, 0.2) is 6.61 Å². The van der Waals surface area contributed by atoms with E-state index in [4.69, 9.17) is 4.74 Å². The molecule has 1 heterocycles. The molecule has 0 spiro atoms. The van der Waals surface area contributed by atoms with Crippen LogP contribution in [0.5, 0.6) is 0 Å². The third-order valence-corrected chi connectivity index (χ3v) is 6.62. The van der Waals surface area contributed by atoms with Crippen LogP contribution in [-0.4, -0.2) is 47.9 Å². The highest BCUT2D eigenvalue weighted by atomic mass is 16.5. The molecule has 1 saturated heterocycles. The Hall–Kier alpha value is -1.59. The number of hydrogen-bond acceptors (Lipinski definition) is 4. The summed E-state index contributed by atoms with van der Waals surface area (Å²) in [6.45, 7) is 4.65. The van der Waals surface area contributed by atoms with Gasteiger partial charge in [0.05, 0.1) is 5.92 Å². The standard InChI is InChI=1S/C20H32N2O4/c1-13-6-5-9-17(14(13)2)22-11-15(10-19(22)24)20(25)26-12-18(23)21-16-7-3-4-8-16/h13-17H,3-12H2,1-2H3,(H,21,23)/t13-,14-,15-,17+/m1/s1. The summed E-state index contributed by atoms with van der Waals surface area (Å²) in [6, 6.07) is 0.453. The van der Waals surface area contributed by atoms with Crippen LogP contribution in [-0.2, 0) is 19.1 Å². The number of hydrogen-bond donors (Lipinski definition) is 1. The van der Waals surface area contributed by atoms with Crippen LogP contribution < -0.4 is 5.32 Å². The Labute approximate surface area is 156 Å². The van der Waals surface area contributed by atoms with Gasteiger partial charge in [-0.05, 0) is 31.1 Å². The molecular weight excluding hydrogens is 332 g/mol. The zero-order chi connectivity index (χ0) is 18.7. The molecule has 3 fully saturated rings. The van der Waals surface area contributed by atoms with Crippen molar-refractivity contribution in [2.75, 3.05) is 13.2 Å². The maximum atomic E-state index is 12.4. The van der Waals surface area contributed by atoms with Crippen molar-refractivity contribution in [1.29, 1.82) is 0 Å². The largest absolute Gasteiger partial charge is 0.455 e. The smallest absolute Gasteiger partial charge is 0.311 e. The fourth-order valence-corrected chi connectivity index (χ4v) is 4.80. The number of carbonyl (C=O) groups excluding carboxylic acids is 3. The predicted octanol–water partition coefficient (Wildman–Crippen LogP) is 2.26. The second-order valence-corrected chi connectivity index (χ2v) is 8.44. The van der Waals surface area contributed by atoms with Gasteiger partial charge in [0.2, 0.25) is 5.91 Å². The Kier molecular flexibility index (Phi) is 6.20. The van der Waals surface area contributed by atoms with Crippen molar-refractivity contribution in [3.05, 3.63) is 0 Å². The lowest BCUT2D eigenvalue weighted by Crippen LogP contribution is -2.45. The normalized spacial score (nSPS) is 32.7. The van der Waals surface area contributed by atoms with Crippen molar-refractivity contribution in [2.24, 2.45) is 17.8 Å². The van der Waals surface area contributed by atoms with Gasteiger partial charge in [0, 0.05) is 25.0 Å². The van der Waals surface area contributed by atoms with Crippen LogP contribution in [0.4, 0.5) is 0 Å². The zero-order valence-corrected chi connectivity index (χ0v) is 16.0. The molecule has 2 saturated carbocycles. The summed E-state index contributed by atoms with van der Waals surface area (Å²) in [5.74, 6) is 0.0195. The van der Waals surface area contributed by atoms with Gasteiger partial charge in [-0.1, -0.05) is 39.5 Å². The van der Waals surface area contributed by atoms with Crippen LogP contribution in [0.3, 0.4) is 0 Å². The number of ether oxygens (including phenoxy) is 1. The van der Waals surface area contributed by atoms with Crippen LogP contribution in [0.25, 0.3) is 0 Å². The Bertz CT molecular complexity index is 544. The summed E-state index contributed by atoms with van der Waals surface area (Å²) in [6.07, 6.45) is 7.86. The summed E-state index contributed by atoms with van der Waals surface area (Å²) >= 11 is 0. The van der Waals surface area contributed by atoms with Gasteiger partial charge in [-0.2, -0.15) is 0 Å². The minimum Gasteiger partial charge on any atom is -0.455 e. The van der Waals surface area contributed by atoms with Crippen molar-refractivity contribution < 1.29 is 19.1 Å². The second kappa shape index (κ2) is 8.40. The Balaban J connectivity index is 1.46. The van der Waals surface area contributed by atoms with Gasteiger partial charge in [0.25, 0.3) is 5.91 Å².